The molecular formula is C23H29ClN2O2S. The fourth-order valence-corrected chi connectivity index (χ4v) is 5.88. The van der Waals surface area contributed by atoms with Crippen LogP contribution in [0.15, 0.2) is 58.3 Å². The van der Waals surface area contributed by atoms with Gasteiger partial charge in [0.15, 0.2) is 0 Å². The van der Waals surface area contributed by atoms with Gasteiger partial charge < -0.3 is 10.2 Å². The Labute approximate surface area is 182 Å². The van der Waals surface area contributed by atoms with Crippen LogP contribution in [0, 0.1) is 5.92 Å². The van der Waals surface area contributed by atoms with E-state index >= 15 is 0 Å². The summed E-state index contributed by atoms with van der Waals surface area (Å²) in [5.41, 5.74) is 1.16. The number of sulfone groups is 1. The molecule has 6 heteroatoms. The predicted octanol–water partition coefficient (Wildman–Crippen LogP) is 4.18. The van der Waals surface area contributed by atoms with Crippen molar-refractivity contribution in [2.45, 2.75) is 47.9 Å². The Morgan fingerprint density at radius 2 is 1.69 bits per heavy atom. The number of likely N-dealkylation sites (tertiary alicyclic amines) is 1. The summed E-state index contributed by atoms with van der Waals surface area (Å²) in [5.74, 6) is 0.576. The summed E-state index contributed by atoms with van der Waals surface area (Å²) in [6.45, 7) is 1.35. The standard InChI is InChI=1S/C23H29ClN2O2S/c24-20-2-1-3-23(17-20)29(27,28)22-6-4-18(5-7-22)16-19-10-14-26(15-11-19)21-8-12-25-13-9-21/h1-7,17,19,21,25H,8-16H2/i12T,13T. The minimum absolute atomic E-state index is 0.211. The Morgan fingerprint density at radius 1 is 1.00 bits per heavy atom. The number of piperidine rings is 2. The van der Waals surface area contributed by atoms with Crippen molar-refractivity contribution in [3.05, 3.63) is 59.1 Å². The molecule has 4 rings (SSSR count). The monoisotopic (exact) mass is 436 g/mol. The molecule has 2 aromatic carbocycles. The highest BCUT2D eigenvalue weighted by Crippen LogP contribution is 2.27. The summed E-state index contributed by atoms with van der Waals surface area (Å²) in [6.07, 6.45) is 4.72. The Morgan fingerprint density at radius 3 is 2.34 bits per heavy atom. The molecule has 0 saturated carbocycles. The van der Waals surface area contributed by atoms with E-state index in [1.807, 2.05) is 12.1 Å². The highest BCUT2D eigenvalue weighted by Gasteiger charge is 2.26. The fourth-order valence-electron chi connectivity index (χ4n) is 4.32. The third-order valence-electron chi connectivity index (χ3n) is 6.05. The van der Waals surface area contributed by atoms with Crippen LogP contribution in [0.1, 0.15) is 34.0 Å². The van der Waals surface area contributed by atoms with Gasteiger partial charge in [-0.1, -0.05) is 29.8 Å². The lowest BCUT2D eigenvalue weighted by Crippen LogP contribution is -2.46. The first-order chi connectivity index (χ1) is 14.8. The highest BCUT2D eigenvalue weighted by molar-refractivity contribution is 7.91. The topological polar surface area (TPSA) is 49.4 Å². The van der Waals surface area contributed by atoms with Crippen LogP contribution in [0.2, 0.25) is 5.02 Å². The van der Waals surface area contributed by atoms with Gasteiger partial charge in [0.25, 0.3) is 0 Å². The predicted molar refractivity (Wildman–Crippen MR) is 117 cm³/mol. The van der Waals surface area contributed by atoms with Crippen LogP contribution in [0.3, 0.4) is 0 Å². The molecule has 0 spiro atoms. The van der Waals surface area contributed by atoms with Crippen molar-refractivity contribution in [3.63, 3.8) is 0 Å². The van der Waals surface area contributed by atoms with Crippen molar-refractivity contribution < 1.29 is 11.2 Å². The summed E-state index contributed by atoms with van der Waals surface area (Å²) >= 11 is 5.96. The van der Waals surface area contributed by atoms with Crippen molar-refractivity contribution in [2.75, 3.05) is 26.1 Å². The molecule has 0 radical (unpaired) electrons. The van der Waals surface area contributed by atoms with Gasteiger partial charge in [0, 0.05) is 13.8 Å². The Kier molecular flexibility index (Phi) is 5.81. The van der Waals surface area contributed by atoms with E-state index in [1.54, 1.807) is 30.3 Å². The maximum atomic E-state index is 12.8. The van der Waals surface area contributed by atoms with Gasteiger partial charge in [0.2, 0.25) is 9.84 Å². The molecule has 2 heterocycles. The Balaban J connectivity index is 1.34. The molecule has 2 aromatic rings. The quantitative estimate of drug-likeness (QED) is 0.763. The summed E-state index contributed by atoms with van der Waals surface area (Å²) < 4.78 is 41.6. The maximum Gasteiger partial charge on any atom is 0.206 e. The largest absolute Gasteiger partial charge is 0.317 e. The molecule has 1 N–H and O–H groups in total. The molecule has 29 heavy (non-hydrogen) atoms. The van der Waals surface area contributed by atoms with Crippen molar-refractivity contribution in [3.8, 4) is 0 Å². The van der Waals surface area contributed by atoms with Gasteiger partial charge in [-0.2, -0.15) is 0 Å². The van der Waals surface area contributed by atoms with Crippen LogP contribution in [-0.4, -0.2) is 45.5 Å². The summed E-state index contributed by atoms with van der Waals surface area (Å²) in [6, 6.07) is 13.9. The van der Waals surface area contributed by atoms with Crippen molar-refractivity contribution in [1.82, 2.24) is 10.2 Å². The SMILES string of the molecule is [3H]C1CC(N2CCC(Cc3ccc(S(=O)(=O)c4cccc(Cl)c4)cc3)CC2)CC([3H])N1. The normalized spacial score (nSPS) is 28.0. The van der Waals surface area contributed by atoms with Gasteiger partial charge in [-0.15, -0.1) is 0 Å². The number of hydrogen-bond donors (Lipinski definition) is 1. The van der Waals surface area contributed by atoms with Crippen LogP contribution in [-0.2, 0) is 16.3 Å². The lowest BCUT2D eigenvalue weighted by atomic mass is 9.89. The molecule has 2 saturated heterocycles. The number of nitrogens with zero attached hydrogens (tertiary/aromatic N) is 1. The van der Waals surface area contributed by atoms with Crippen LogP contribution in [0.25, 0.3) is 0 Å². The Bertz CT molecular complexity index is 985. The zero-order chi connectivity index (χ0) is 22.0. The average Bonchev–Trinajstić information content (AvgIpc) is 2.74. The molecule has 0 amide bonds. The molecule has 4 nitrogen and oxygen atoms in total. The van der Waals surface area contributed by atoms with Crippen LogP contribution >= 0.6 is 11.6 Å². The zero-order valence-electron chi connectivity index (χ0n) is 18.4. The van der Waals surface area contributed by atoms with Gasteiger partial charge in [-0.3, -0.25) is 0 Å². The third-order valence-corrected chi connectivity index (χ3v) is 8.05. The molecule has 2 atom stereocenters. The van der Waals surface area contributed by atoms with Crippen LogP contribution < -0.4 is 5.32 Å². The second kappa shape index (κ2) is 9.17. The zero-order valence-corrected chi connectivity index (χ0v) is 18.0. The van der Waals surface area contributed by atoms with Gasteiger partial charge in [-0.05, 0) is 100 Å². The summed E-state index contributed by atoms with van der Waals surface area (Å²) in [7, 11) is -3.57. The van der Waals surface area contributed by atoms with E-state index in [0.29, 0.717) is 17.0 Å². The van der Waals surface area contributed by atoms with Gasteiger partial charge in [-0.25, -0.2) is 8.42 Å². The van der Waals surface area contributed by atoms with Crippen molar-refractivity contribution in [1.29, 1.82) is 0 Å². The third kappa shape index (κ3) is 5.02. The fraction of sp³-hybridized carbons (Fsp3) is 0.478. The minimum Gasteiger partial charge on any atom is -0.317 e. The van der Waals surface area contributed by atoms with Crippen molar-refractivity contribution >= 4 is 21.4 Å². The molecule has 0 bridgehead atoms. The van der Waals surface area contributed by atoms with E-state index in [2.05, 4.69) is 10.2 Å². The second-order valence-corrected chi connectivity index (χ2v) is 10.4. The summed E-state index contributed by atoms with van der Waals surface area (Å²) in [4.78, 5) is 2.96. The summed E-state index contributed by atoms with van der Waals surface area (Å²) in [5, 5.41) is 3.38. The first-order valence-electron chi connectivity index (χ1n) is 11.4. The number of halogens is 1. The number of benzene rings is 2. The first kappa shape index (κ1) is 18.4. The molecule has 2 aliphatic heterocycles. The number of hydrogen-bond acceptors (Lipinski definition) is 4. The maximum absolute atomic E-state index is 12.8. The van der Waals surface area contributed by atoms with E-state index < -0.39 is 9.84 Å². The molecule has 0 aromatic heterocycles. The number of nitrogens with one attached hydrogen (secondary N) is 1. The van der Waals surface area contributed by atoms with Crippen LogP contribution in [0.5, 0.6) is 0 Å². The van der Waals surface area contributed by atoms with Gasteiger partial charge >= 0.3 is 0 Å². The van der Waals surface area contributed by atoms with Crippen molar-refractivity contribution in [2.24, 2.45) is 5.92 Å². The lowest BCUT2D eigenvalue weighted by Gasteiger charge is -2.39. The van der Waals surface area contributed by atoms with E-state index in [0.717, 1.165) is 50.8 Å². The molecule has 2 unspecified atom stereocenters. The van der Waals surface area contributed by atoms with E-state index in [1.165, 1.54) is 6.07 Å². The number of rotatable bonds is 5. The van der Waals surface area contributed by atoms with E-state index in [-0.39, 0.29) is 22.8 Å². The second-order valence-electron chi connectivity index (χ2n) is 7.99. The first-order valence-corrected chi connectivity index (χ1v) is 12.1. The van der Waals surface area contributed by atoms with Crippen LogP contribution in [0.4, 0.5) is 0 Å². The molecular weight excluding hydrogens is 404 g/mol. The molecule has 156 valence electrons. The lowest BCUT2D eigenvalue weighted by molar-refractivity contribution is 0.111. The van der Waals surface area contributed by atoms with Gasteiger partial charge in [0.05, 0.1) is 9.79 Å². The van der Waals surface area contributed by atoms with Gasteiger partial charge in [0.1, 0.15) is 0 Å². The molecule has 0 aliphatic carbocycles. The average molecular weight is 437 g/mol. The molecule has 2 fully saturated rings. The smallest absolute Gasteiger partial charge is 0.206 e. The van der Waals surface area contributed by atoms with E-state index in [9.17, 15) is 8.42 Å². The Hall–Kier alpha value is -1.40. The molecule has 2 aliphatic rings. The highest BCUT2D eigenvalue weighted by atomic mass is 35.5. The van der Waals surface area contributed by atoms with E-state index in [4.69, 9.17) is 14.3 Å². The minimum atomic E-state index is -3.57.